The average Bonchev–Trinajstić information content (AvgIpc) is 2.05. The molecule has 90 valence electrons. The summed E-state index contributed by atoms with van der Waals surface area (Å²) in [5.74, 6) is 0. The minimum Gasteiger partial charge on any atom is -0.378 e. The summed E-state index contributed by atoms with van der Waals surface area (Å²) in [7, 11) is -3.03. The molecule has 1 rings (SSSR count). The monoisotopic (exact) mass is 236 g/mol. The molecule has 15 heavy (non-hydrogen) atoms. The van der Waals surface area contributed by atoms with Crippen molar-refractivity contribution in [2.24, 2.45) is 0 Å². The topological polar surface area (TPSA) is 58.6 Å². The molecule has 1 aliphatic rings. The molecule has 1 saturated heterocycles. The van der Waals surface area contributed by atoms with Crippen molar-refractivity contribution in [2.45, 2.75) is 19.4 Å². The van der Waals surface area contributed by atoms with E-state index in [4.69, 9.17) is 4.74 Å². The number of hydrogen-bond donors (Lipinski definition) is 1. The van der Waals surface area contributed by atoms with Gasteiger partial charge in [-0.15, -0.1) is 0 Å². The van der Waals surface area contributed by atoms with Crippen LogP contribution in [0.1, 0.15) is 13.3 Å². The van der Waals surface area contributed by atoms with Gasteiger partial charge in [-0.3, -0.25) is 0 Å². The predicted molar refractivity (Wildman–Crippen MR) is 59.3 cm³/mol. The minimum absolute atomic E-state index is 0.471. The SMILES string of the molecule is CCN(CCCNC1COC1)S(C)(=O)=O. The van der Waals surface area contributed by atoms with Crippen LogP contribution in [0.3, 0.4) is 0 Å². The molecule has 0 saturated carbocycles. The van der Waals surface area contributed by atoms with Gasteiger partial charge in [0.2, 0.25) is 10.0 Å². The summed E-state index contributed by atoms with van der Waals surface area (Å²) in [6.07, 6.45) is 2.10. The molecular weight excluding hydrogens is 216 g/mol. The van der Waals surface area contributed by atoms with E-state index in [2.05, 4.69) is 5.32 Å². The first-order valence-corrected chi connectivity index (χ1v) is 7.15. The van der Waals surface area contributed by atoms with Gasteiger partial charge in [0.25, 0.3) is 0 Å². The van der Waals surface area contributed by atoms with E-state index in [-0.39, 0.29) is 0 Å². The fraction of sp³-hybridized carbons (Fsp3) is 1.00. The summed E-state index contributed by atoms with van der Waals surface area (Å²) in [5.41, 5.74) is 0. The molecule has 0 atom stereocenters. The molecule has 0 aromatic heterocycles. The Morgan fingerprint density at radius 1 is 1.47 bits per heavy atom. The Balaban J connectivity index is 2.11. The minimum atomic E-state index is -3.03. The maximum Gasteiger partial charge on any atom is 0.211 e. The molecule has 0 unspecified atom stereocenters. The third-order valence-corrected chi connectivity index (χ3v) is 3.86. The quantitative estimate of drug-likeness (QED) is 0.614. The van der Waals surface area contributed by atoms with Crippen LogP contribution in [0.4, 0.5) is 0 Å². The largest absolute Gasteiger partial charge is 0.378 e. The van der Waals surface area contributed by atoms with E-state index in [1.54, 1.807) is 0 Å². The molecule has 0 aromatic rings. The van der Waals surface area contributed by atoms with E-state index in [0.29, 0.717) is 19.1 Å². The van der Waals surface area contributed by atoms with Crippen LogP contribution in [-0.2, 0) is 14.8 Å². The molecule has 6 heteroatoms. The van der Waals surface area contributed by atoms with Crippen LogP contribution < -0.4 is 5.32 Å². The summed E-state index contributed by atoms with van der Waals surface area (Å²) in [6.45, 7) is 5.41. The van der Waals surface area contributed by atoms with Gasteiger partial charge in [-0.25, -0.2) is 12.7 Å². The second kappa shape index (κ2) is 5.79. The molecule has 0 amide bonds. The van der Waals surface area contributed by atoms with Gasteiger partial charge in [0.15, 0.2) is 0 Å². The summed E-state index contributed by atoms with van der Waals surface area (Å²) in [4.78, 5) is 0. The third kappa shape index (κ3) is 4.46. The zero-order chi connectivity index (χ0) is 11.3. The van der Waals surface area contributed by atoms with Crippen molar-refractivity contribution in [1.29, 1.82) is 0 Å². The van der Waals surface area contributed by atoms with Crippen molar-refractivity contribution in [2.75, 3.05) is 39.1 Å². The van der Waals surface area contributed by atoms with Gasteiger partial charge < -0.3 is 10.1 Å². The lowest BCUT2D eigenvalue weighted by molar-refractivity contribution is -0.00500. The van der Waals surface area contributed by atoms with Crippen LogP contribution in [0.5, 0.6) is 0 Å². The van der Waals surface area contributed by atoms with Crippen LogP contribution in [-0.4, -0.2) is 57.9 Å². The van der Waals surface area contributed by atoms with E-state index in [1.807, 2.05) is 6.92 Å². The van der Waals surface area contributed by atoms with E-state index < -0.39 is 10.0 Å². The third-order valence-electron chi connectivity index (χ3n) is 2.48. The van der Waals surface area contributed by atoms with E-state index in [9.17, 15) is 8.42 Å². The zero-order valence-electron chi connectivity index (χ0n) is 9.40. The van der Waals surface area contributed by atoms with Gasteiger partial charge in [-0.05, 0) is 13.0 Å². The van der Waals surface area contributed by atoms with E-state index in [0.717, 1.165) is 26.2 Å². The highest BCUT2D eigenvalue weighted by Gasteiger charge is 2.17. The van der Waals surface area contributed by atoms with E-state index in [1.165, 1.54) is 10.6 Å². The molecular formula is C9H20N2O3S. The van der Waals surface area contributed by atoms with Gasteiger partial charge in [-0.1, -0.05) is 6.92 Å². The van der Waals surface area contributed by atoms with E-state index >= 15 is 0 Å². The van der Waals surface area contributed by atoms with Crippen LogP contribution in [0.15, 0.2) is 0 Å². The lowest BCUT2D eigenvalue weighted by atomic mass is 10.2. The molecule has 0 spiro atoms. The van der Waals surface area contributed by atoms with Gasteiger partial charge in [0, 0.05) is 13.1 Å². The Kier molecular flexibility index (Phi) is 4.98. The molecule has 1 aliphatic heterocycles. The highest BCUT2D eigenvalue weighted by molar-refractivity contribution is 7.88. The first-order chi connectivity index (χ1) is 7.04. The number of nitrogens with one attached hydrogen (secondary N) is 1. The first-order valence-electron chi connectivity index (χ1n) is 5.30. The van der Waals surface area contributed by atoms with Gasteiger partial charge in [0.05, 0.1) is 25.5 Å². The number of hydrogen-bond acceptors (Lipinski definition) is 4. The van der Waals surface area contributed by atoms with Crippen molar-refractivity contribution < 1.29 is 13.2 Å². The Morgan fingerprint density at radius 2 is 2.13 bits per heavy atom. The molecule has 0 radical (unpaired) electrons. The van der Waals surface area contributed by atoms with Gasteiger partial charge >= 0.3 is 0 Å². The number of nitrogens with zero attached hydrogens (tertiary/aromatic N) is 1. The Hall–Kier alpha value is -0.170. The van der Waals surface area contributed by atoms with Crippen LogP contribution >= 0.6 is 0 Å². The molecule has 5 nitrogen and oxygen atoms in total. The van der Waals surface area contributed by atoms with Crippen LogP contribution in [0, 0.1) is 0 Å². The second-order valence-corrected chi connectivity index (χ2v) is 5.78. The smallest absolute Gasteiger partial charge is 0.211 e. The summed E-state index contributed by atoms with van der Waals surface area (Å²) in [6, 6.07) is 0.471. The number of ether oxygens (including phenoxy) is 1. The number of sulfonamides is 1. The van der Waals surface area contributed by atoms with Crippen LogP contribution in [0.25, 0.3) is 0 Å². The Labute approximate surface area is 91.8 Å². The maximum absolute atomic E-state index is 11.2. The summed E-state index contributed by atoms with van der Waals surface area (Å²) >= 11 is 0. The molecule has 0 aliphatic carbocycles. The van der Waals surface area contributed by atoms with Crippen LogP contribution in [0.2, 0.25) is 0 Å². The molecule has 0 bridgehead atoms. The number of rotatable bonds is 7. The average molecular weight is 236 g/mol. The summed E-state index contributed by atoms with van der Waals surface area (Å²) in [5, 5.41) is 3.30. The van der Waals surface area contributed by atoms with Gasteiger partial charge in [-0.2, -0.15) is 0 Å². The fourth-order valence-electron chi connectivity index (χ4n) is 1.47. The highest BCUT2D eigenvalue weighted by Crippen LogP contribution is 2.01. The zero-order valence-corrected chi connectivity index (χ0v) is 10.2. The van der Waals surface area contributed by atoms with Crippen molar-refractivity contribution in [3.63, 3.8) is 0 Å². The van der Waals surface area contributed by atoms with Gasteiger partial charge in [0.1, 0.15) is 0 Å². The summed E-state index contributed by atoms with van der Waals surface area (Å²) < 4.78 is 29.0. The Bertz CT molecular complexity index is 275. The van der Waals surface area contributed by atoms with Crippen molar-refractivity contribution >= 4 is 10.0 Å². The molecule has 1 heterocycles. The van der Waals surface area contributed by atoms with Crippen molar-refractivity contribution in [3.05, 3.63) is 0 Å². The molecule has 1 fully saturated rings. The maximum atomic E-state index is 11.2. The van der Waals surface area contributed by atoms with Crippen molar-refractivity contribution in [3.8, 4) is 0 Å². The standard InChI is InChI=1S/C9H20N2O3S/c1-3-11(15(2,12)13)6-4-5-10-9-7-14-8-9/h9-10H,3-8H2,1-2H3. The molecule has 0 aromatic carbocycles. The predicted octanol–water partition coefficient (Wildman–Crippen LogP) is -0.354. The van der Waals surface area contributed by atoms with Crippen molar-refractivity contribution in [1.82, 2.24) is 9.62 Å². The molecule has 1 N–H and O–H groups in total. The normalized spacial score (nSPS) is 18.1. The lowest BCUT2D eigenvalue weighted by Gasteiger charge is -2.27. The highest BCUT2D eigenvalue weighted by atomic mass is 32.2. The first kappa shape index (κ1) is 12.9. The Morgan fingerprint density at radius 3 is 2.53 bits per heavy atom. The fourth-order valence-corrected chi connectivity index (χ4v) is 2.40. The lowest BCUT2D eigenvalue weighted by Crippen LogP contribution is -2.46. The second-order valence-electron chi connectivity index (χ2n) is 3.80.